The fraction of sp³-hybridized carbons (Fsp3) is 0.929. The Morgan fingerprint density at radius 1 is 1.33 bits per heavy atom. The summed E-state index contributed by atoms with van der Waals surface area (Å²) in [6, 6.07) is 1.11. The van der Waals surface area contributed by atoms with Crippen molar-refractivity contribution in [2.75, 3.05) is 33.2 Å². The summed E-state index contributed by atoms with van der Waals surface area (Å²) in [6.07, 6.45) is 6.00. The second kappa shape index (κ2) is 5.17. The fourth-order valence-electron chi connectivity index (χ4n) is 3.33. The largest absolute Gasteiger partial charge is 0.338 e. The van der Waals surface area contributed by atoms with Crippen LogP contribution in [0.1, 0.15) is 32.1 Å². The highest BCUT2D eigenvalue weighted by Crippen LogP contribution is 2.30. The third-order valence-electron chi connectivity index (χ3n) is 4.59. The van der Waals surface area contributed by atoms with Gasteiger partial charge in [0.05, 0.1) is 5.92 Å². The Balaban J connectivity index is 1.59. The summed E-state index contributed by atoms with van der Waals surface area (Å²) < 4.78 is 0. The smallest absolute Gasteiger partial charge is 0.227 e. The van der Waals surface area contributed by atoms with Gasteiger partial charge in [-0.05, 0) is 52.2 Å². The summed E-state index contributed by atoms with van der Waals surface area (Å²) in [5.74, 6) is 0.688. The zero-order valence-electron chi connectivity index (χ0n) is 11.4. The van der Waals surface area contributed by atoms with Crippen molar-refractivity contribution >= 4 is 5.91 Å². The number of rotatable bonds is 4. The summed E-state index contributed by atoms with van der Waals surface area (Å²) in [4.78, 5) is 17.1. The van der Waals surface area contributed by atoms with Crippen LogP contribution in [0.3, 0.4) is 0 Å². The van der Waals surface area contributed by atoms with Gasteiger partial charge in [0.1, 0.15) is 0 Å². The fourth-order valence-corrected chi connectivity index (χ4v) is 3.33. The van der Waals surface area contributed by atoms with Gasteiger partial charge in [-0.3, -0.25) is 4.79 Å². The van der Waals surface area contributed by atoms with Gasteiger partial charge in [-0.15, -0.1) is 0 Å². The lowest BCUT2D eigenvalue weighted by Gasteiger charge is -2.28. The van der Waals surface area contributed by atoms with E-state index in [1.54, 1.807) is 0 Å². The molecule has 1 saturated carbocycles. The molecule has 2 heterocycles. The van der Waals surface area contributed by atoms with Gasteiger partial charge in [0.15, 0.2) is 0 Å². The van der Waals surface area contributed by atoms with Crippen molar-refractivity contribution in [2.24, 2.45) is 5.92 Å². The van der Waals surface area contributed by atoms with E-state index in [0.717, 1.165) is 32.6 Å². The molecule has 2 aliphatic heterocycles. The van der Waals surface area contributed by atoms with E-state index in [1.165, 1.54) is 25.7 Å². The molecular formula is C14H25N3O. The third kappa shape index (κ3) is 2.69. The van der Waals surface area contributed by atoms with E-state index in [0.29, 0.717) is 18.0 Å². The molecule has 18 heavy (non-hydrogen) atoms. The Morgan fingerprint density at radius 3 is 2.72 bits per heavy atom. The lowest BCUT2D eigenvalue weighted by atomic mass is 10.1. The van der Waals surface area contributed by atoms with Gasteiger partial charge in [-0.1, -0.05) is 0 Å². The molecule has 4 heteroatoms. The SMILES string of the molecule is CN1CCC(C(=O)N(CC2CCCN2)C2CC2)C1. The average molecular weight is 251 g/mol. The topological polar surface area (TPSA) is 35.6 Å². The summed E-state index contributed by atoms with van der Waals surface area (Å²) in [5.41, 5.74) is 0. The van der Waals surface area contributed by atoms with E-state index in [9.17, 15) is 4.79 Å². The molecule has 4 nitrogen and oxygen atoms in total. The minimum atomic E-state index is 0.261. The Morgan fingerprint density at radius 2 is 2.17 bits per heavy atom. The Kier molecular flexibility index (Phi) is 3.57. The van der Waals surface area contributed by atoms with E-state index in [1.807, 2.05) is 0 Å². The van der Waals surface area contributed by atoms with Gasteiger partial charge in [0.25, 0.3) is 0 Å². The van der Waals surface area contributed by atoms with Gasteiger partial charge < -0.3 is 15.1 Å². The standard InChI is InChI=1S/C14H25N3O/c1-16-8-6-11(9-16)14(18)17(13-4-5-13)10-12-3-2-7-15-12/h11-13,15H,2-10H2,1H3. The van der Waals surface area contributed by atoms with Gasteiger partial charge in [0, 0.05) is 25.2 Å². The number of likely N-dealkylation sites (tertiary alicyclic amines) is 1. The quantitative estimate of drug-likeness (QED) is 0.798. The number of carbonyl (C=O) groups excluding carboxylic acids is 1. The van der Waals surface area contributed by atoms with Crippen molar-refractivity contribution in [3.63, 3.8) is 0 Å². The maximum Gasteiger partial charge on any atom is 0.227 e. The van der Waals surface area contributed by atoms with Crippen LogP contribution in [0.25, 0.3) is 0 Å². The molecule has 3 aliphatic rings. The molecule has 1 N–H and O–H groups in total. The third-order valence-corrected chi connectivity index (χ3v) is 4.59. The maximum atomic E-state index is 12.6. The Hall–Kier alpha value is -0.610. The molecule has 1 amide bonds. The number of amides is 1. The van der Waals surface area contributed by atoms with Gasteiger partial charge in [-0.2, -0.15) is 0 Å². The molecule has 1 aliphatic carbocycles. The van der Waals surface area contributed by atoms with Gasteiger partial charge in [0.2, 0.25) is 5.91 Å². The molecule has 0 bridgehead atoms. The van der Waals surface area contributed by atoms with Gasteiger partial charge in [-0.25, -0.2) is 0 Å². The molecule has 2 saturated heterocycles. The van der Waals surface area contributed by atoms with Crippen molar-refractivity contribution in [3.8, 4) is 0 Å². The van der Waals surface area contributed by atoms with Crippen LogP contribution in [-0.4, -0.2) is 61.0 Å². The van der Waals surface area contributed by atoms with Gasteiger partial charge >= 0.3 is 0 Å². The molecule has 3 rings (SSSR count). The summed E-state index contributed by atoms with van der Waals surface area (Å²) in [6.45, 7) is 4.12. The van der Waals surface area contributed by atoms with Crippen molar-refractivity contribution in [1.82, 2.24) is 15.1 Å². The molecule has 0 aromatic carbocycles. The van der Waals surface area contributed by atoms with Crippen molar-refractivity contribution in [1.29, 1.82) is 0 Å². The van der Waals surface area contributed by atoms with Crippen LogP contribution in [0.5, 0.6) is 0 Å². The highest BCUT2D eigenvalue weighted by molar-refractivity contribution is 5.80. The first kappa shape index (κ1) is 12.4. The van der Waals surface area contributed by atoms with Crippen LogP contribution in [0, 0.1) is 5.92 Å². The average Bonchev–Trinajstić information content (AvgIpc) is 2.88. The van der Waals surface area contributed by atoms with Crippen molar-refractivity contribution in [3.05, 3.63) is 0 Å². The normalized spacial score (nSPS) is 32.9. The first-order chi connectivity index (χ1) is 8.74. The minimum absolute atomic E-state index is 0.261. The molecule has 0 spiro atoms. The lowest BCUT2D eigenvalue weighted by Crippen LogP contribution is -2.45. The number of hydrogen-bond acceptors (Lipinski definition) is 3. The zero-order chi connectivity index (χ0) is 12.5. The summed E-state index contributed by atoms with van der Waals surface area (Å²) >= 11 is 0. The second-order valence-electron chi connectivity index (χ2n) is 6.26. The lowest BCUT2D eigenvalue weighted by molar-refractivity contribution is -0.136. The molecule has 2 unspecified atom stereocenters. The predicted molar refractivity (Wildman–Crippen MR) is 71.4 cm³/mol. The van der Waals surface area contributed by atoms with Crippen LogP contribution in [0.2, 0.25) is 0 Å². The zero-order valence-corrected chi connectivity index (χ0v) is 11.4. The predicted octanol–water partition coefficient (Wildman–Crippen LogP) is 0.681. The van der Waals surface area contributed by atoms with E-state index in [-0.39, 0.29) is 5.92 Å². The molecule has 0 aromatic rings. The van der Waals surface area contributed by atoms with Crippen LogP contribution in [-0.2, 0) is 4.79 Å². The van der Waals surface area contributed by atoms with Crippen molar-refractivity contribution in [2.45, 2.75) is 44.2 Å². The Bertz CT molecular complexity index is 310. The van der Waals surface area contributed by atoms with Crippen LogP contribution in [0.15, 0.2) is 0 Å². The number of nitrogens with one attached hydrogen (secondary N) is 1. The van der Waals surface area contributed by atoms with Crippen LogP contribution < -0.4 is 5.32 Å². The molecular weight excluding hydrogens is 226 g/mol. The molecule has 0 aromatic heterocycles. The first-order valence-electron chi connectivity index (χ1n) is 7.46. The molecule has 102 valence electrons. The second-order valence-corrected chi connectivity index (χ2v) is 6.26. The molecule has 0 radical (unpaired) electrons. The van der Waals surface area contributed by atoms with E-state index >= 15 is 0 Å². The first-order valence-corrected chi connectivity index (χ1v) is 7.46. The van der Waals surface area contributed by atoms with Crippen LogP contribution >= 0.6 is 0 Å². The van der Waals surface area contributed by atoms with Crippen molar-refractivity contribution < 1.29 is 4.79 Å². The number of hydrogen-bond donors (Lipinski definition) is 1. The molecule has 3 fully saturated rings. The highest BCUT2D eigenvalue weighted by Gasteiger charge is 2.38. The van der Waals surface area contributed by atoms with E-state index in [4.69, 9.17) is 0 Å². The highest BCUT2D eigenvalue weighted by atomic mass is 16.2. The maximum absolute atomic E-state index is 12.6. The minimum Gasteiger partial charge on any atom is -0.338 e. The summed E-state index contributed by atoms with van der Waals surface area (Å²) in [7, 11) is 2.12. The monoisotopic (exact) mass is 251 g/mol. The number of nitrogens with zero attached hydrogens (tertiary/aromatic N) is 2. The van der Waals surface area contributed by atoms with E-state index in [2.05, 4.69) is 22.2 Å². The summed E-state index contributed by atoms with van der Waals surface area (Å²) in [5, 5.41) is 3.52. The van der Waals surface area contributed by atoms with E-state index < -0.39 is 0 Å². The molecule has 2 atom stereocenters. The Labute approximate surface area is 110 Å². The van der Waals surface area contributed by atoms with Crippen LogP contribution in [0.4, 0.5) is 0 Å². The number of carbonyl (C=O) groups is 1.